The number of hydrogen-bond acceptors (Lipinski definition) is 3. The number of pyridine rings is 1. The molecule has 5 heteroatoms. The zero-order valence-corrected chi connectivity index (χ0v) is 16.3. The molecular weight excluding hydrogens is 350 g/mol. The first-order valence-electron chi connectivity index (χ1n) is 9.75. The second-order valence-corrected chi connectivity index (χ2v) is 6.76. The number of nitrogens with zero attached hydrogens (tertiary/aromatic N) is 2. The van der Waals surface area contributed by atoms with Gasteiger partial charge >= 0.3 is 0 Å². The van der Waals surface area contributed by atoms with Gasteiger partial charge in [-0.3, -0.25) is 9.78 Å². The molecule has 5 nitrogen and oxygen atoms in total. The molecule has 0 bridgehead atoms. The molecule has 0 spiro atoms. The van der Waals surface area contributed by atoms with Crippen molar-refractivity contribution in [3.8, 4) is 5.75 Å². The number of nitrogens with one attached hydrogen (secondary N) is 1. The first-order chi connectivity index (χ1) is 13.8. The molecule has 146 valence electrons. The summed E-state index contributed by atoms with van der Waals surface area (Å²) >= 11 is 0. The summed E-state index contributed by atoms with van der Waals surface area (Å²) in [6.07, 6.45) is 13.3. The number of methoxy groups -OCH3 is 1. The summed E-state index contributed by atoms with van der Waals surface area (Å²) in [5.74, 6) is 0.834. The minimum atomic E-state index is -0.0573. The van der Waals surface area contributed by atoms with Gasteiger partial charge in [0.2, 0.25) is 5.91 Å². The fourth-order valence-electron chi connectivity index (χ4n) is 3.18. The summed E-state index contributed by atoms with van der Waals surface area (Å²) in [4.78, 5) is 15.8. The van der Waals surface area contributed by atoms with E-state index in [-0.39, 0.29) is 5.91 Å². The summed E-state index contributed by atoms with van der Waals surface area (Å²) in [5, 5.41) is 4.14. The first kappa shape index (κ1) is 19.7. The van der Waals surface area contributed by atoms with Gasteiger partial charge in [-0.05, 0) is 54.8 Å². The van der Waals surface area contributed by atoms with Gasteiger partial charge < -0.3 is 14.6 Å². The molecule has 0 radical (unpaired) electrons. The molecule has 0 aliphatic heterocycles. The van der Waals surface area contributed by atoms with Crippen molar-refractivity contribution in [1.82, 2.24) is 14.9 Å². The van der Waals surface area contributed by atoms with E-state index in [4.69, 9.17) is 4.74 Å². The molecule has 1 N–H and O–H groups in total. The van der Waals surface area contributed by atoms with E-state index in [1.165, 1.54) is 10.9 Å². The number of rotatable bonds is 10. The third-order valence-corrected chi connectivity index (χ3v) is 4.71. The SMILES string of the molecule is COc1ccc2c(ccn2CCCCCCNC(=O)/C=C/c2cccnc2)c1. The van der Waals surface area contributed by atoms with Crippen molar-refractivity contribution in [2.75, 3.05) is 13.7 Å². The van der Waals surface area contributed by atoms with Crippen LogP contribution < -0.4 is 10.1 Å². The van der Waals surface area contributed by atoms with Crippen LogP contribution in [-0.4, -0.2) is 29.1 Å². The summed E-state index contributed by atoms with van der Waals surface area (Å²) in [6.45, 7) is 1.72. The van der Waals surface area contributed by atoms with Crippen LogP contribution in [0.2, 0.25) is 0 Å². The lowest BCUT2D eigenvalue weighted by Gasteiger charge is -2.07. The van der Waals surface area contributed by atoms with Gasteiger partial charge in [0.05, 0.1) is 7.11 Å². The van der Waals surface area contributed by atoms with Gasteiger partial charge in [0.15, 0.2) is 0 Å². The van der Waals surface area contributed by atoms with Crippen LogP contribution >= 0.6 is 0 Å². The van der Waals surface area contributed by atoms with Crippen molar-refractivity contribution >= 4 is 22.9 Å². The Morgan fingerprint density at radius 2 is 2.07 bits per heavy atom. The molecule has 0 saturated carbocycles. The zero-order valence-electron chi connectivity index (χ0n) is 16.3. The quantitative estimate of drug-likeness (QED) is 0.420. The van der Waals surface area contributed by atoms with Crippen LogP contribution in [0.4, 0.5) is 0 Å². The van der Waals surface area contributed by atoms with E-state index in [9.17, 15) is 4.79 Å². The maximum absolute atomic E-state index is 11.8. The lowest BCUT2D eigenvalue weighted by atomic mass is 10.2. The molecule has 0 saturated heterocycles. The van der Waals surface area contributed by atoms with Crippen molar-refractivity contribution in [2.24, 2.45) is 0 Å². The molecule has 0 fully saturated rings. The van der Waals surface area contributed by atoms with Crippen LogP contribution in [0.25, 0.3) is 17.0 Å². The first-order valence-corrected chi connectivity index (χ1v) is 9.75. The standard InChI is InChI=1S/C23H27N3O2/c1-28-21-9-10-22-20(17-21)12-16-26(22)15-5-3-2-4-14-25-23(27)11-8-19-7-6-13-24-18-19/h6-13,16-18H,2-5,14-15H2,1H3,(H,25,27)/b11-8+. The van der Waals surface area contributed by atoms with Crippen LogP contribution in [0.15, 0.2) is 61.1 Å². The van der Waals surface area contributed by atoms with E-state index < -0.39 is 0 Å². The predicted molar refractivity (Wildman–Crippen MR) is 113 cm³/mol. The third kappa shape index (κ3) is 5.71. The molecular formula is C23H27N3O2. The highest BCUT2D eigenvalue weighted by Crippen LogP contribution is 2.22. The molecule has 3 aromatic rings. The third-order valence-electron chi connectivity index (χ3n) is 4.71. The number of fused-ring (bicyclic) bond motifs is 1. The van der Waals surface area contributed by atoms with Gasteiger partial charge in [0.1, 0.15) is 5.75 Å². The highest BCUT2D eigenvalue weighted by molar-refractivity contribution is 5.91. The van der Waals surface area contributed by atoms with Gasteiger partial charge in [-0.25, -0.2) is 0 Å². The normalized spacial score (nSPS) is 11.2. The van der Waals surface area contributed by atoms with Gasteiger partial charge in [-0.15, -0.1) is 0 Å². The van der Waals surface area contributed by atoms with E-state index in [2.05, 4.69) is 39.3 Å². The average molecular weight is 377 g/mol. The molecule has 0 atom stereocenters. The maximum Gasteiger partial charge on any atom is 0.243 e. The lowest BCUT2D eigenvalue weighted by Crippen LogP contribution is -2.21. The van der Waals surface area contributed by atoms with E-state index >= 15 is 0 Å². The van der Waals surface area contributed by atoms with Gasteiger partial charge in [0.25, 0.3) is 0 Å². The molecule has 1 amide bonds. The summed E-state index contributed by atoms with van der Waals surface area (Å²) in [7, 11) is 1.69. The smallest absolute Gasteiger partial charge is 0.243 e. The highest BCUT2D eigenvalue weighted by atomic mass is 16.5. The van der Waals surface area contributed by atoms with E-state index in [1.54, 1.807) is 31.7 Å². The number of unbranched alkanes of at least 4 members (excludes halogenated alkanes) is 3. The molecule has 2 aromatic heterocycles. The Balaban J connectivity index is 1.30. The monoisotopic (exact) mass is 377 g/mol. The number of hydrogen-bond donors (Lipinski definition) is 1. The fraction of sp³-hybridized carbons (Fsp3) is 0.304. The number of benzene rings is 1. The van der Waals surface area contributed by atoms with E-state index in [0.29, 0.717) is 6.54 Å². The van der Waals surface area contributed by atoms with E-state index in [1.807, 2.05) is 18.2 Å². The van der Waals surface area contributed by atoms with Crippen molar-refractivity contribution in [1.29, 1.82) is 0 Å². The molecule has 3 rings (SSSR count). The second kappa shape index (κ2) is 10.3. The van der Waals surface area contributed by atoms with Crippen LogP contribution in [0.1, 0.15) is 31.2 Å². The Hall–Kier alpha value is -3.08. The zero-order chi connectivity index (χ0) is 19.6. The summed E-state index contributed by atoms with van der Waals surface area (Å²) in [6, 6.07) is 12.1. The van der Waals surface area contributed by atoms with Crippen molar-refractivity contribution in [3.63, 3.8) is 0 Å². The van der Waals surface area contributed by atoms with Gasteiger partial charge in [-0.1, -0.05) is 18.9 Å². The average Bonchev–Trinajstić information content (AvgIpc) is 3.14. The Morgan fingerprint density at radius 3 is 2.89 bits per heavy atom. The predicted octanol–water partition coefficient (Wildman–Crippen LogP) is 4.43. The van der Waals surface area contributed by atoms with Gasteiger partial charge in [0, 0.05) is 48.7 Å². The van der Waals surface area contributed by atoms with Crippen molar-refractivity contribution < 1.29 is 9.53 Å². The van der Waals surface area contributed by atoms with Crippen LogP contribution in [0.5, 0.6) is 5.75 Å². The number of ether oxygens (including phenoxy) is 1. The Labute approximate surface area is 166 Å². The van der Waals surface area contributed by atoms with Crippen LogP contribution in [-0.2, 0) is 11.3 Å². The number of carbonyl (C=O) groups is 1. The minimum absolute atomic E-state index is 0.0573. The molecule has 0 unspecified atom stereocenters. The fourth-order valence-corrected chi connectivity index (χ4v) is 3.18. The maximum atomic E-state index is 11.8. The minimum Gasteiger partial charge on any atom is -0.497 e. The molecule has 28 heavy (non-hydrogen) atoms. The van der Waals surface area contributed by atoms with Gasteiger partial charge in [-0.2, -0.15) is 0 Å². The van der Waals surface area contributed by atoms with Crippen LogP contribution in [0.3, 0.4) is 0 Å². The van der Waals surface area contributed by atoms with Crippen molar-refractivity contribution in [3.05, 3.63) is 66.6 Å². The summed E-state index contributed by atoms with van der Waals surface area (Å²) < 4.78 is 7.57. The Morgan fingerprint density at radius 1 is 1.18 bits per heavy atom. The topological polar surface area (TPSA) is 56.1 Å². The summed E-state index contributed by atoms with van der Waals surface area (Å²) in [5.41, 5.74) is 2.17. The lowest BCUT2D eigenvalue weighted by molar-refractivity contribution is -0.116. The second-order valence-electron chi connectivity index (χ2n) is 6.76. The largest absolute Gasteiger partial charge is 0.497 e. The molecule has 2 heterocycles. The van der Waals surface area contributed by atoms with E-state index in [0.717, 1.165) is 43.5 Å². The Kier molecular flexibility index (Phi) is 7.24. The number of carbonyl (C=O) groups excluding carboxylic acids is 1. The molecule has 0 aliphatic carbocycles. The molecule has 1 aromatic carbocycles. The van der Waals surface area contributed by atoms with Crippen molar-refractivity contribution in [2.45, 2.75) is 32.2 Å². The van der Waals surface area contributed by atoms with Crippen LogP contribution in [0, 0.1) is 0 Å². The Bertz CT molecular complexity index is 916. The molecule has 0 aliphatic rings. The highest BCUT2D eigenvalue weighted by Gasteiger charge is 2.02. The number of amides is 1. The number of aryl methyl sites for hydroxylation is 1. The number of aromatic nitrogens is 2.